The van der Waals surface area contributed by atoms with Crippen molar-refractivity contribution in [2.24, 2.45) is 0 Å². The summed E-state index contributed by atoms with van der Waals surface area (Å²) in [5.41, 5.74) is 3.55. The maximum Gasteiger partial charge on any atom is 0.289 e. The van der Waals surface area contributed by atoms with E-state index < -0.39 is 0 Å². The molecule has 39 heavy (non-hydrogen) atoms. The molecule has 0 aliphatic carbocycles. The third-order valence-electron chi connectivity index (χ3n) is 6.99. The van der Waals surface area contributed by atoms with Crippen molar-refractivity contribution in [1.29, 1.82) is 0 Å². The third-order valence-corrected chi connectivity index (χ3v) is 6.99. The molecular formula is C31H36N4O4. The van der Waals surface area contributed by atoms with Crippen LogP contribution < -0.4 is 4.74 Å². The van der Waals surface area contributed by atoms with Gasteiger partial charge < -0.3 is 18.8 Å². The zero-order valence-corrected chi connectivity index (χ0v) is 22.7. The number of aromatic nitrogens is 1. The highest BCUT2D eigenvalue weighted by atomic mass is 16.5. The van der Waals surface area contributed by atoms with Crippen LogP contribution in [0.3, 0.4) is 0 Å². The second-order valence-corrected chi connectivity index (χ2v) is 10.0. The number of benzene rings is 2. The molecule has 1 fully saturated rings. The second-order valence-electron chi connectivity index (χ2n) is 10.0. The molecule has 0 unspecified atom stereocenters. The highest BCUT2D eigenvalue weighted by molar-refractivity contribution is 5.91. The molecule has 0 radical (unpaired) electrons. The van der Waals surface area contributed by atoms with Crippen molar-refractivity contribution in [3.05, 3.63) is 95.6 Å². The average Bonchev–Trinajstić information content (AvgIpc) is 3.43. The summed E-state index contributed by atoms with van der Waals surface area (Å²) < 4.78 is 16.7. The van der Waals surface area contributed by atoms with Crippen LogP contribution >= 0.6 is 0 Å². The monoisotopic (exact) mass is 528 g/mol. The number of piperazine rings is 1. The van der Waals surface area contributed by atoms with E-state index in [1.165, 1.54) is 16.5 Å². The zero-order valence-electron chi connectivity index (χ0n) is 22.7. The van der Waals surface area contributed by atoms with Gasteiger partial charge in [-0.3, -0.25) is 19.6 Å². The number of hydrogen-bond donors (Lipinski definition) is 0. The summed E-state index contributed by atoms with van der Waals surface area (Å²) in [6, 6.07) is 22.4. The fourth-order valence-corrected chi connectivity index (χ4v) is 4.93. The lowest BCUT2D eigenvalue weighted by Crippen LogP contribution is -2.49. The Morgan fingerprint density at radius 2 is 1.74 bits per heavy atom. The van der Waals surface area contributed by atoms with E-state index in [9.17, 15) is 4.79 Å². The largest absolute Gasteiger partial charge is 0.492 e. The maximum absolute atomic E-state index is 12.7. The van der Waals surface area contributed by atoms with Crippen molar-refractivity contribution in [2.75, 3.05) is 53.5 Å². The molecular weight excluding hydrogens is 492 g/mol. The predicted molar refractivity (Wildman–Crippen MR) is 151 cm³/mol. The number of ether oxygens (including phenoxy) is 2. The number of furan rings is 1. The predicted octanol–water partition coefficient (Wildman–Crippen LogP) is 4.44. The summed E-state index contributed by atoms with van der Waals surface area (Å²) in [5.74, 6) is 1.85. The molecule has 3 heterocycles. The fourth-order valence-electron chi connectivity index (χ4n) is 4.93. The molecule has 1 saturated heterocycles. The fraction of sp³-hybridized carbons (Fsp3) is 0.355. The van der Waals surface area contributed by atoms with Crippen LogP contribution in [0.5, 0.6) is 5.75 Å². The number of carbonyl (C=O) groups is 1. The minimum atomic E-state index is -0.0615. The number of rotatable bonds is 11. The highest BCUT2D eigenvalue weighted by Gasteiger charge is 2.24. The average molecular weight is 529 g/mol. The van der Waals surface area contributed by atoms with Gasteiger partial charge >= 0.3 is 0 Å². The van der Waals surface area contributed by atoms with E-state index in [-0.39, 0.29) is 5.91 Å². The topological polar surface area (TPSA) is 71.3 Å². The summed E-state index contributed by atoms with van der Waals surface area (Å²) in [6.45, 7) is 6.53. The molecule has 8 heteroatoms. The second kappa shape index (κ2) is 12.9. The van der Waals surface area contributed by atoms with Crippen LogP contribution in [0.1, 0.15) is 27.4 Å². The Balaban J connectivity index is 1.01. The molecule has 0 saturated carbocycles. The van der Waals surface area contributed by atoms with Gasteiger partial charge in [0.2, 0.25) is 0 Å². The normalized spacial score (nSPS) is 14.3. The lowest BCUT2D eigenvalue weighted by atomic mass is 10.1. The first-order valence-electron chi connectivity index (χ1n) is 13.4. The first-order valence-corrected chi connectivity index (χ1v) is 13.4. The van der Waals surface area contributed by atoms with Crippen molar-refractivity contribution in [1.82, 2.24) is 19.7 Å². The molecule has 1 amide bonds. The van der Waals surface area contributed by atoms with E-state index in [0.717, 1.165) is 44.0 Å². The van der Waals surface area contributed by atoms with Gasteiger partial charge in [0.25, 0.3) is 5.91 Å². The van der Waals surface area contributed by atoms with Gasteiger partial charge in [-0.15, -0.1) is 0 Å². The van der Waals surface area contributed by atoms with E-state index in [0.29, 0.717) is 37.8 Å². The van der Waals surface area contributed by atoms with Gasteiger partial charge in [0.15, 0.2) is 5.76 Å². The molecule has 0 bridgehead atoms. The number of carbonyl (C=O) groups excluding carboxylic acids is 1. The standard InChI is InChI=1S/C31H36N4O4/c1-33(22-25-7-11-29-26(20-25)4-3-13-32-29)21-24-5-8-27(9-6-24)38-19-18-34-14-16-35(17-15-34)31(36)30-12-10-28(39-30)23-37-2/h3-13,20H,14-19,21-23H2,1-2H3. The molecule has 2 aromatic heterocycles. The van der Waals surface area contributed by atoms with E-state index >= 15 is 0 Å². The van der Waals surface area contributed by atoms with Gasteiger partial charge in [-0.1, -0.05) is 24.3 Å². The quantitative estimate of drug-likeness (QED) is 0.285. The van der Waals surface area contributed by atoms with Gasteiger partial charge in [0, 0.05) is 64.5 Å². The van der Waals surface area contributed by atoms with Crippen LogP contribution in [0.15, 0.2) is 77.3 Å². The van der Waals surface area contributed by atoms with Crippen LogP contribution in [-0.2, 0) is 24.4 Å². The minimum absolute atomic E-state index is 0.0615. The molecule has 0 N–H and O–H groups in total. The third kappa shape index (κ3) is 7.23. The zero-order chi connectivity index (χ0) is 27.0. The summed E-state index contributed by atoms with van der Waals surface area (Å²) >= 11 is 0. The minimum Gasteiger partial charge on any atom is -0.492 e. The lowest BCUT2D eigenvalue weighted by molar-refractivity contribution is 0.0584. The lowest BCUT2D eigenvalue weighted by Gasteiger charge is -2.34. The first-order chi connectivity index (χ1) is 19.1. The van der Waals surface area contributed by atoms with Gasteiger partial charge in [-0.25, -0.2) is 0 Å². The number of nitrogens with zero attached hydrogens (tertiary/aromatic N) is 4. The van der Waals surface area contributed by atoms with E-state index in [2.05, 4.69) is 58.2 Å². The molecule has 8 nitrogen and oxygen atoms in total. The smallest absolute Gasteiger partial charge is 0.289 e. The van der Waals surface area contributed by atoms with Crippen LogP contribution in [0.25, 0.3) is 10.9 Å². The van der Waals surface area contributed by atoms with Crippen LogP contribution in [0, 0.1) is 0 Å². The molecule has 1 aliphatic heterocycles. The Morgan fingerprint density at radius 1 is 0.974 bits per heavy atom. The number of methoxy groups -OCH3 is 1. The molecule has 0 atom stereocenters. The molecule has 0 spiro atoms. The van der Waals surface area contributed by atoms with Gasteiger partial charge in [0.05, 0.1) is 5.52 Å². The van der Waals surface area contributed by atoms with Crippen molar-refractivity contribution in [3.63, 3.8) is 0 Å². The number of hydrogen-bond acceptors (Lipinski definition) is 7. The van der Waals surface area contributed by atoms with Crippen LogP contribution in [0.2, 0.25) is 0 Å². The maximum atomic E-state index is 12.7. The summed E-state index contributed by atoms with van der Waals surface area (Å²) in [4.78, 5) is 23.6. The molecule has 4 aromatic rings. The Labute approximate surface area is 229 Å². The molecule has 204 valence electrons. The van der Waals surface area contributed by atoms with Gasteiger partial charge in [0.1, 0.15) is 24.7 Å². The van der Waals surface area contributed by atoms with Crippen molar-refractivity contribution in [2.45, 2.75) is 19.7 Å². The van der Waals surface area contributed by atoms with Crippen molar-refractivity contribution < 1.29 is 18.7 Å². The Morgan fingerprint density at radius 3 is 2.54 bits per heavy atom. The van der Waals surface area contributed by atoms with Crippen LogP contribution in [-0.4, -0.2) is 79.1 Å². The van der Waals surface area contributed by atoms with Crippen molar-refractivity contribution in [3.8, 4) is 5.75 Å². The first kappa shape index (κ1) is 26.9. The van der Waals surface area contributed by atoms with E-state index in [1.807, 2.05) is 29.3 Å². The van der Waals surface area contributed by atoms with Crippen molar-refractivity contribution >= 4 is 16.8 Å². The summed E-state index contributed by atoms with van der Waals surface area (Å²) in [6.07, 6.45) is 1.83. The molecule has 5 rings (SSSR count). The van der Waals surface area contributed by atoms with Gasteiger partial charge in [-0.05, 0) is 60.6 Å². The Kier molecular flexibility index (Phi) is 8.88. The van der Waals surface area contributed by atoms with Gasteiger partial charge in [-0.2, -0.15) is 0 Å². The number of pyridine rings is 1. The van der Waals surface area contributed by atoms with E-state index in [4.69, 9.17) is 13.9 Å². The summed E-state index contributed by atoms with van der Waals surface area (Å²) in [5, 5.41) is 1.17. The van der Waals surface area contributed by atoms with Crippen LogP contribution in [0.4, 0.5) is 0 Å². The van der Waals surface area contributed by atoms with E-state index in [1.54, 1.807) is 19.2 Å². The summed E-state index contributed by atoms with van der Waals surface area (Å²) in [7, 11) is 3.74. The Bertz CT molecular complexity index is 1360. The highest BCUT2D eigenvalue weighted by Crippen LogP contribution is 2.18. The Hall–Kier alpha value is -3.72. The molecule has 1 aliphatic rings. The SMILES string of the molecule is COCc1ccc(C(=O)N2CCN(CCOc3ccc(CN(C)Cc4ccc5ncccc5c4)cc3)CC2)o1. The number of fused-ring (bicyclic) bond motifs is 1. The molecule has 2 aromatic carbocycles. The number of amides is 1.